The van der Waals surface area contributed by atoms with Crippen molar-refractivity contribution in [1.82, 2.24) is 15.3 Å². The second kappa shape index (κ2) is 5.49. The predicted octanol–water partition coefficient (Wildman–Crippen LogP) is 1.90. The first kappa shape index (κ1) is 13.0. The molecule has 2 rings (SSSR count). The van der Waals surface area contributed by atoms with E-state index in [4.69, 9.17) is 11.6 Å². The number of nitrogens with one attached hydrogen (secondary N) is 2. The third kappa shape index (κ3) is 3.08. The van der Waals surface area contributed by atoms with Gasteiger partial charge in [-0.3, -0.25) is 14.9 Å². The zero-order valence-corrected chi connectivity index (χ0v) is 10.3. The van der Waals surface area contributed by atoms with Crippen molar-refractivity contribution in [2.45, 2.75) is 6.54 Å². The molecule has 0 saturated carbocycles. The normalized spacial score (nSPS) is 10.2. The zero-order chi connectivity index (χ0) is 13.8. The smallest absolute Gasteiger partial charge is 0.282 e. The van der Waals surface area contributed by atoms with Crippen molar-refractivity contribution in [2.24, 2.45) is 0 Å². The van der Waals surface area contributed by atoms with Gasteiger partial charge in [-0.2, -0.15) is 0 Å². The molecule has 8 heteroatoms. The Hall–Kier alpha value is -2.41. The first-order chi connectivity index (χ1) is 9.08. The minimum atomic E-state index is -0.624. The van der Waals surface area contributed by atoms with Crippen LogP contribution in [-0.2, 0) is 6.54 Å². The van der Waals surface area contributed by atoms with Crippen LogP contribution in [0.3, 0.4) is 0 Å². The number of H-pyrrole nitrogens is 1. The summed E-state index contributed by atoms with van der Waals surface area (Å²) in [5, 5.41) is 13.6. The Labute approximate surface area is 112 Å². The van der Waals surface area contributed by atoms with Crippen molar-refractivity contribution in [3.8, 4) is 0 Å². The van der Waals surface area contributed by atoms with E-state index in [0.717, 1.165) is 0 Å². The van der Waals surface area contributed by atoms with Crippen LogP contribution in [-0.4, -0.2) is 20.8 Å². The van der Waals surface area contributed by atoms with Crippen LogP contribution in [0, 0.1) is 10.1 Å². The number of halogens is 1. The van der Waals surface area contributed by atoms with Crippen LogP contribution >= 0.6 is 11.6 Å². The highest BCUT2D eigenvalue weighted by atomic mass is 35.5. The number of imidazole rings is 1. The average molecular weight is 281 g/mol. The van der Waals surface area contributed by atoms with Crippen LogP contribution in [0.5, 0.6) is 0 Å². The highest BCUT2D eigenvalue weighted by Crippen LogP contribution is 2.22. The molecule has 0 bridgehead atoms. The topological polar surface area (TPSA) is 101 Å². The van der Waals surface area contributed by atoms with Crippen LogP contribution in [0.15, 0.2) is 30.7 Å². The van der Waals surface area contributed by atoms with Crippen molar-refractivity contribution in [1.29, 1.82) is 0 Å². The number of aromatic amines is 1. The molecule has 0 aliphatic carbocycles. The Morgan fingerprint density at radius 3 is 2.95 bits per heavy atom. The largest absolute Gasteiger partial charge is 0.347 e. The van der Waals surface area contributed by atoms with Crippen molar-refractivity contribution < 1.29 is 9.72 Å². The molecule has 1 heterocycles. The SMILES string of the molecule is O=C(NCc1cnc[nH]1)c1cc(Cl)ccc1[N+](=O)[O-]. The molecule has 7 nitrogen and oxygen atoms in total. The van der Waals surface area contributed by atoms with Crippen LogP contribution in [0.25, 0.3) is 0 Å². The molecule has 19 heavy (non-hydrogen) atoms. The average Bonchev–Trinajstić information content (AvgIpc) is 2.88. The number of benzene rings is 1. The van der Waals surface area contributed by atoms with Gasteiger partial charge in [0.1, 0.15) is 5.56 Å². The minimum Gasteiger partial charge on any atom is -0.347 e. The monoisotopic (exact) mass is 280 g/mol. The lowest BCUT2D eigenvalue weighted by Gasteiger charge is -2.05. The third-order valence-electron chi connectivity index (χ3n) is 2.39. The number of nitrogens with zero attached hydrogens (tertiary/aromatic N) is 2. The molecule has 1 aromatic carbocycles. The number of nitro benzene ring substituents is 1. The number of hydrogen-bond donors (Lipinski definition) is 2. The standard InChI is InChI=1S/C11H9ClN4O3/c12-7-1-2-10(16(18)19)9(3-7)11(17)14-5-8-4-13-6-15-8/h1-4,6H,5H2,(H,13,15)(H,14,17). The first-order valence-corrected chi connectivity index (χ1v) is 5.65. The summed E-state index contributed by atoms with van der Waals surface area (Å²) in [6.07, 6.45) is 3.02. The van der Waals surface area contributed by atoms with E-state index in [2.05, 4.69) is 15.3 Å². The molecular formula is C11H9ClN4O3. The maximum absolute atomic E-state index is 11.9. The summed E-state index contributed by atoms with van der Waals surface area (Å²) in [7, 11) is 0. The Kier molecular flexibility index (Phi) is 3.76. The molecule has 1 amide bonds. The van der Waals surface area contributed by atoms with Gasteiger partial charge in [-0.1, -0.05) is 11.6 Å². The summed E-state index contributed by atoms with van der Waals surface area (Å²) in [6.45, 7) is 0.197. The van der Waals surface area contributed by atoms with Crippen LogP contribution < -0.4 is 5.32 Å². The van der Waals surface area contributed by atoms with Crippen LogP contribution in [0.4, 0.5) is 5.69 Å². The zero-order valence-electron chi connectivity index (χ0n) is 9.59. The number of hydrogen-bond acceptors (Lipinski definition) is 4. The second-order valence-electron chi connectivity index (χ2n) is 3.68. The van der Waals surface area contributed by atoms with E-state index in [9.17, 15) is 14.9 Å². The van der Waals surface area contributed by atoms with Gasteiger partial charge in [-0.15, -0.1) is 0 Å². The number of nitro groups is 1. The molecule has 0 aliphatic rings. The minimum absolute atomic E-state index is 0.0722. The Morgan fingerprint density at radius 1 is 1.53 bits per heavy atom. The molecule has 0 saturated heterocycles. The fourth-order valence-electron chi connectivity index (χ4n) is 1.50. The van der Waals surface area contributed by atoms with E-state index >= 15 is 0 Å². The fourth-order valence-corrected chi connectivity index (χ4v) is 1.67. The molecule has 0 unspecified atom stereocenters. The maximum atomic E-state index is 11.9. The van der Waals surface area contributed by atoms with Gasteiger partial charge < -0.3 is 10.3 Å². The van der Waals surface area contributed by atoms with Crippen molar-refractivity contribution in [3.63, 3.8) is 0 Å². The fraction of sp³-hybridized carbons (Fsp3) is 0.0909. The van der Waals surface area contributed by atoms with Crippen molar-refractivity contribution >= 4 is 23.2 Å². The quantitative estimate of drug-likeness (QED) is 0.659. The molecule has 98 valence electrons. The lowest BCUT2D eigenvalue weighted by atomic mass is 10.1. The van der Waals surface area contributed by atoms with Gasteiger partial charge in [0, 0.05) is 17.3 Å². The summed E-state index contributed by atoms with van der Waals surface area (Å²) >= 11 is 5.75. The molecule has 0 aliphatic heterocycles. The Morgan fingerprint density at radius 2 is 2.32 bits per heavy atom. The molecule has 2 N–H and O–H groups in total. The van der Waals surface area contributed by atoms with Gasteiger partial charge in [0.15, 0.2) is 0 Å². The van der Waals surface area contributed by atoms with E-state index in [1.54, 1.807) is 6.20 Å². The molecule has 0 radical (unpaired) electrons. The number of carbonyl (C=O) groups is 1. The lowest BCUT2D eigenvalue weighted by molar-refractivity contribution is -0.385. The van der Waals surface area contributed by atoms with Crippen LogP contribution in [0.2, 0.25) is 5.02 Å². The first-order valence-electron chi connectivity index (χ1n) is 5.27. The second-order valence-corrected chi connectivity index (χ2v) is 4.11. The predicted molar refractivity (Wildman–Crippen MR) is 67.9 cm³/mol. The molecule has 2 aromatic rings. The summed E-state index contributed by atoms with van der Waals surface area (Å²) < 4.78 is 0. The number of aromatic nitrogens is 2. The third-order valence-corrected chi connectivity index (χ3v) is 2.63. The van der Waals surface area contributed by atoms with Gasteiger partial charge in [0.05, 0.1) is 23.5 Å². The summed E-state index contributed by atoms with van der Waals surface area (Å²) in [5.74, 6) is -0.566. The summed E-state index contributed by atoms with van der Waals surface area (Å²) in [6, 6.07) is 3.83. The summed E-state index contributed by atoms with van der Waals surface area (Å²) in [5.41, 5.74) is 0.335. The number of carbonyl (C=O) groups excluding carboxylic acids is 1. The maximum Gasteiger partial charge on any atom is 0.282 e. The van der Waals surface area contributed by atoms with Gasteiger partial charge in [0.2, 0.25) is 0 Å². The van der Waals surface area contributed by atoms with E-state index in [0.29, 0.717) is 5.69 Å². The Bertz CT molecular complexity index is 612. The van der Waals surface area contributed by atoms with E-state index in [-0.39, 0.29) is 22.8 Å². The van der Waals surface area contributed by atoms with Gasteiger partial charge in [-0.05, 0) is 12.1 Å². The molecule has 1 aromatic heterocycles. The molecule has 0 fully saturated rings. The highest BCUT2D eigenvalue weighted by Gasteiger charge is 2.20. The number of amides is 1. The van der Waals surface area contributed by atoms with Crippen LogP contribution in [0.1, 0.15) is 16.1 Å². The lowest BCUT2D eigenvalue weighted by Crippen LogP contribution is -2.23. The highest BCUT2D eigenvalue weighted by molar-refractivity contribution is 6.31. The molecular weight excluding hydrogens is 272 g/mol. The molecule has 0 atom stereocenters. The van der Waals surface area contributed by atoms with E-state index in [1.165, 1.54) is 24.5 Å². The van der Waals surface area contributed by atoms with Crippen molar-refractivity contribution in [3.05, 3.63) is 57.1 Å². The Balaban J connectivity index is 2.18. The van der Waals surface area contributed by atoms with E-state index < -0.39 is 10.8 Å². The number of rotatable bonds is 4. The van der Waals surface area contributed by atoms with Crippen molar-refractivity contribution in [2.75, 3.05) is 0 Å². The summed E-state index contributed by atoms with van der Waals surface area (Å²) in [4.78, 5) is 28.7. The van der Waals surface area contributed by atoms with E-state index in [1.807, 2.05) is 0 Å². The molecule has 0 spiro atoms. The van der Waals surface area contributed by atoms with Gasteiger partial charge in [-0.25, -0.2) is 4.98 Å². The van der Waals surface area contributed by atoms with Gasteiger partial charge >= 0.3 is 0 Å². The van der Waals surface area contributed by atoms with Gasteiger partial charge in [0.25, 0.3) is 11.6 Å².